The number of piperazine rings is 1. The minimum Gasteiger partial charge on any atom is -0.487 e. The summed E-state index contributed by atoms with van der Waals surface area (Å²) in [5.74, 6) is -1.54. The van der Waals surface area contributed by atoms with Crippen LogP contribution in [0.2, 0.25) is 0 Å². The van der Waals surface area contributed by atoms with Gasteiger partial charge in [-0.3, -0.25) is 9.59 Å². The number of likely N-dealkylation sites (N-methyl/N-ethyl adjacent to an activating group) is 1. The van der Waals surface area contributed by atoms with Gasteiger partial charge in [0.25, 0.3) is 6.47 Å². The molecule has 0 radical (unpaired) electrons. The zero-order valence-corrected chi connectivity index (χ0v) is 16.1. The molecule has 0 saturated carbocycles. The maximum Gasteiger partial charge on any atom is 0.341 e. The molecule has 156 valence electrons. The van der Waals surface area contributed by atoms with E-state index in [9.17, 15) is 19.1 Å². The molecule has 2 aromatic rings. The fourth-order valence-corrected chi connectivity index (χ4v) is 3.69. The number of halogens is 1. The molecule has 3 heterocycles. The third-order valence-electron chi connectivity index (χ3n) is 5.19. The Morgan fingerprint density at radius 1 is 1.31 bits per heavy atom. The molecular weight excluding hydrogens is 385 g/mol. The summed E-state index contributed by atoms with van der Waals surface area (Å²) in [5, 5.41) is 16.3. The molecule has 0 amide bonds. The van der Waals surface area contributed by atoms with Crippen LogP contribution in [0.1, 0.15) is 23.3 Å². The lowest BCUT2D eigenvalue weighted by atomic mass is 10.1. The highest BCUT2D eigenvalue weighted by atomic mass is 19.1. The first-order valence-corrected chi connectivity index (χ1v) is 9.08. The summed E-state index contributed by atoms with van der Waals surface area (Å²) < 4.78 is 22.6. The first kappa shape index (κ1) is 20.6. The van der Waals surface area contributed by atoms with Gasteiger partial charge < -0.3 is 29.3 Å². The molecule has 2 aliphatic heterocycles. The SMILES string of the molecule is C[C@H]1COc2c(N3CCN(C)CC3)c(F)cc3c(=O)c(C(=O)O)cn1c23.O=CO. The van der Waals surface area contributed by atoms with Crippen LogP contribution in [0, 0.1) is 5.82 Å². The van der Waals surface area contributed by atoms with E-state index >= 15 is 0 Å². The van der Waals surface area contributed by atoms with E-state index in [-0.39, 0.29) is 30.1 Å². The second-order valence-electron chi connectivity index (χ2n) is 7.07. The molecule has 29 heavy (non-hydrogen) atoms. The summed E-state index contributed by atoms with van der Waals surface area (Å²) in [7, 11) is 2.02. The van der Waals surface area contributed by atoms with Gasteiger partial charge in [0, 0.05) is 32.4 Å². The molecule has 0 aliphatic carbocycles. The molecule has 9 nitrogen and oxygen atoms in total. The lowest BCUT2D eigenvalue weighted by Crippen LogP contribution is -2.45. The maximum atomic E-state index is 15.0. The third-order valence-corrected chi connectivity index (χ3v) is 5.19. The predicted octanol–water partition coefficient (Wildman–Crippen LogP) is 1.24. The molecule has 0 bridgehead atoms. The zero-order valence-electron chi connectivity index (χ0n) is 16.1. The Kier molecular flexibility index (Phi) is 5.73. The molecule has 1 fully saturated rings. The van der Waals surface area contributed by atoms with E-state index in [1.165, 1.54) is 6.20 Å². The van der Waals surface area contributed by atoms with Crippen molar-refractivity contribution in [3.63, 3.8) is 0 Å². The number of pyridine rings is 1. The first-order chi connectivity index (χ1) is 13.8. The van der Waals surface area contributed by atoms with Crippen LogP contribution in [0.25, 0.3) is 10.9 Å². The van der Waals surface area contributed by atoms with Gasteiger partial charge in [0.2, 0.25) is 5.43 Å². The van der Waals surface area contributed by atoms with Crippen molar-refractivity contribution < 1.29 is 28.9 Å². The van der Waals surface area contributed by atoms with Crippen LogP contribution in [0.3, 0.4) is 0 Å². The van der Waals surface area contributed by atoms with Crippen LogP contribution in [0.5, 0.6) is 5.75 Å². The topological polar surface area (TPSA) is 112 Å². The Morgan fingerprint density at radius 3 is 2.52 bits per heavy atom. The van der Waals surface area contributed by atoms with Gasteiger partial charge in [-0.15, -0.1) is 0 Å². The summed E-state index contributed by atoms with van der Waals surface area (Å²) in [6.45, 7) is 4.83. The van der Waals surface area contributed by atoms with Gasteiger partial charge in [-0.1, -0.05) is 0 Å². The van der Waals surface area contributed by atoms with Crippen LogP contribution in [0.15, 0.2) is 17.1 Å². The number of ether oxygens (including phenoxy) is 1. The number of carboxylic acids is 1. The normalized spacial score (nSPS) is 18.6. The van der Waals surface area contributed by atoms with Crippen molar-refractivity contribution in [2.24, 2.45) is 0 Å². The summed E-state index contributed by atoms with van der Waals surface area (Å²) in [4.78, 5) is 36.4. The van der Waals surface area contributed by atoms with Gasteiger partial charge in [0.05, 0.1) is 16.9 Å². The van der Waals surface area contributed by atoms with Crippen LogP contribution < -0.4 is 15.1 Å². The molecule has 1 atom stereocenters. The lowest BCUT2D eigenvalue weighted by molar-refractivity contribution is -0.122. The largest absolute Gasteiger partial charge is 0.487 e. The molecule has 2 aliphatic rings. The number of anilines is 1. The Balaban J connectivity index is 0.000000755. The monoisotopic (exact) mass is 407 g/mol. The summed E-state index contributed by atoms with van der Waals surface area (Å²) >= 11 is 0. The van der Waals surface area contributed by atoms with Gasteiger partial charge in [-0.05, 0) is 20.0 Å². The van der Waals surface area contributed by atoms with Crippen LogP contribution >= 0.6 is 0 Å². The van der Waals surface area contributed by atoms with Gasteiger partial charge in [0.15, 0.2) is 11.6 Å². The number of rotatable bonds is 2. The van der Waals surface area contributed by atoms with Gasteiger partial charge >= 0.3 is 5.97 Å². The van der Waals surface area contributed by atoms with Gasteiger partial charge in [-0.25, -0.2) is 9.18 Å². The van der Waals surface area contributed by atoms with Crippen molar-refractivity contribution in [3.8, 4) is 5.75 Å². The number of hydrogen-bond donors (Lipinski definition) is 2. The highest BCUT2D eigenvalue weighted by molar-refractivity contribution is 5.97. The smallest absolute Gasteiger partial charge is 0.341 e. The van der Waals surface area contributed by atoms with E-state index in [4.69, 9.17) is 14.6 Å². The number of nitrogens with zero attached hydrogens (tertiary/aromatic N) is 3. The minimum atomic E-state index is -1.32. The van der Waals surface area contributed by atoms with E-state index in [1.54, 1.807) is 4.57 Å². The second-order valence-corrected chi connectivity index (χ2v) is 7.07. The van der Waals surface area contributed by atoms with Crippen LogP contribution in [-0.2, 0) is 4.79 Å². The molecule has 1 aromatic heterocycles. The van der Waals surface area contributed by atoms with Crippen molar-refractivity contribution >= 4 is 29.0 Å². The average molecular weight is 407 g/mol. The van der Waals surface area contributed by atoms with Crippen molar-refractivity contribution in [1.29, 1.82) is 0 Å². The fraction of sp³-hybridized carbons (Fsp3) is 0.421. The Hall–Kier alpha value is -3.14. The summed E-state index contributed by atoms with van der Waals surface area (Å²) in [6.07, 6.45) is 1.34. The molecule has 1 saturated heterocycles. The number of carbonyl (C=O) groups is 2. The Morgan fingerprint density at radius 2 is 1.93 bits per heavy atom. The highest BCUT2D eigenvalue weighted by Gasteiger charge is 2.30. The van der Waals surface area contributed by atoms with Gasteiger partial charge in [-0.2, -0.15) is 0 Å². The molecular formula is C19H22FN3O6. The van der Waals surface area contributed by atoms with E-state index < -0.39 is 17.2 Å². The van der Waals surface area contributed by atoms with E-state index in [0.717, 1.165) is 19.2 Å². The standard InChI is InChI=1S/C18H20FN3O4.CH2O2/c1-10-9-26-17-14-11(16(23)12(18(24)25)8-22(10)14)7-13(19)15(17)21-5-3-20(2)4-6-21;2-1-3/h7-8,10H,3-6,9H2,1-2H3,(H,24,25);1H,(H,2,3)/t10-;/m0./s1. The second kappa shape index (κ2) is 8.08. The summed E-state index contributed by atoms with van der Waals surface area (Å²) in [6, 6.07) is 0.994. The predicted molar refractivity (Wildman–Crippen MR) is 104 cm³/mol. The Bertz CT molecular complexity index is 1010. The Labute approximate surface area is 165 Å². The zero-order chi connectivity index (χ0) is 21.3. The van der Waals surface area contributed by atoms with E-state index in [1.807, 2.05) is 18.9 Å². The molecule has 0 spiro atoms. The number of aromatic carboxylic acids is 1. The lowest BCUT2D eigenvalue weighted by Gasteiger charge is -2.37. The average Bonchev–Trinajstić information content (AvgIpc) is 2.67. The van der Waals surface area contributed by atoms with E-state index in [2.05, 4.69) is 4.90 Å². The quantitative estimate of drug-likeness (QED) is 0.716. The molecule has 10 heteroatoms. The van der Waals surface area contributed by atoms with Crippen molar-refractivity contribution in [2.75, 3.05) is 44.7 Å². The third kappa shape index (κ3) is 3.63. The van der Waals surface area contributed by atoms with Crippen molar-refractivity contribution in [3.05, 3.63) is 33.9 Å². The van der Waals surface area contributed by atoms with Crippen molar-refractivity contribution in [2.45, 2.75) is 13.0 Å². The van der Waals surface area contributed by atoms with E-state index in [0.29, 0.717) is 30.0 Å². The first-order valence-electron chi connectivity index (χ1n) is 9.08. The minimum absolute atomic E-state index is 0.0434. The fourth-order valence-electron chi connectivity index (χ4n) is 3.69. The number of aromatic nitrogens is 1. The number of carboxylic acid groups (broad SMARTS) is 2. The highest BCUT2D eigenvalue weighted by Crippen LogP contribution is 2.42. The summed E-state index contributed by atoms with van der Waals surface area (Å²) in [5.41, 5.74) is -0.224. The number of hydrogen-bond acceptors (Lipinski definition) is 6. The molecule has 4 rings (SSSR count). The number of benzene rings is 1. The maximum absolute atomic E-state index is 15.0. The molecule has 1 aromatic carbocycles. The van der Waals surface area contributed by atoms with Crippen LogP contribution in [-0.4, -0.2) is 72.0 Å². The molecule has 2 N–H and O–H groups in total. The van der Waals surface area contributed by atoms with Crippen LogP contribution in [0.4, 0.5) is 10.1 Å². The van der Waals surface area contributed by atoms with Gasteiger partial charge in [0.1, 0.15) is 17.9 Å². The molecule has 0 unspecified atom stereocenters. The van der Waals surface area contributed by atoms with Crippen molar-refractivity contribution in [1.82, 2.24) is 9.47 Å².